The first-order chi connectivity index (χ1) is 6.20. The van der Waals surface area contributed by atoms with E-state index in [0.717, 1.165) is 11.1 Å². The molecule has 1 aliphatic heterocycles. The number of hydrogen-bond donors (Lipinski definition) is 1. The second-order valence-corrected chi connectivity index (χ2v) is 3.43. The third-order valence-corrected chi connectivity index (χ3v) is 2.28. The highest BCUT2D eigenvalue weighted by atomic mass is 16.2. The van der Waals surface area contributed by atoms with Crippen LogP contribution in [0.3, 0.4) is 0 Å². The zero-order chi connectivity index (χ0) is 9.42. The van der Waals surface area contributed by atoms with Gasteiger partial charge in [-0.1, -0.05) is 18.2 Å². The SMILES string of the molecule is CN(C)C1NC(=O)c2ccccc21. The van der Waals surface area contributed by atoms with Crippen molar-refractivity contribution in [2.45, 2.75) is 6.17 Å². The third-order valence-electron chi connectivity index (χ3n) is 2.28. The van der Waals surface area contributed by atoms with Crippen molar-refractivity contribution in [1.29, 1.82) is 0 Å². The number of nitrogens with one attached hydrogen (secondary N) is 1. The fourth-order valence-electron chi connectivity index (χ4n) is 1.63. The Morgan fingerprint density at radius 2 is 2.00 bits per heavy atom. The molecule has 13 heavy (non-hydrogen) atoms. The van der Waals surface area contributed by atoms with Crippen molar-refractivity contribution in [2.24, 2.45) is 0 Å². The van der Waals surface area contributed by atoms with E-state index in [4.69, 9.17) is 0 Å². The Hall–Kier alpha value is -1.35. The summed E-state index contributed by atoms with van der Waals surface area (Å²) in [6.07, 6.45) is 0.0312. The molecular weight excluding hydrogens is 164 g/mol. The number of hydrogen-bond acceptors (Lipinski definition) is 2. The first-order valence-electron chi connectivity index (χ1n) is 4.26. The summed E-state index contributed by atoms with van der Waals surface area (Å²) in [6.45, 7) is 0. The molecule has 0 saturated heterocycles. The molecule has 0 spiro atoms. The normalized spacial score (nSPS) is 20.2. The molecule has 0 aromatic heterocycles. The molecule has 1 aliphatic rings. The Labute approximate surface area is 77.4 Å². The van der Waals surface area contributed by atoms with Crippen LogP contribution >= 0.6 is 0 Å². The molecule has 3 nitrogen and oxygen atoms in total. The maximum Gasteiger partial charge on any atom is 0.253 e. The molecular formula is C10H12N2O. The van der Waals surface area contributed by atoms with Gasteiger partial charge in [0.25, 0.3) is 5.91 Å². The van der Waals surface area contributed by atoms with Crippen LogP contribution in [0.5, 0.6) is 0 Å². The minimum absolute atomic E-state index is 0.0225. The molecule has 1 aromatic rings. The van der Waals surface area contributed by atoms with Gasteiger partial charge in [0.15, 0.2) is 0 Å². The second-order valence-electron chi connectivity index (χ2n) is 3.43. The van der Waals surface area contributed by atoms with Crippen LogP contribution < -0.4 is 5.32 Å². The molecule has 1 unspecified atom stereocenters. The van der Waals surface area contributed by atoms with Gasteiger partial charge in [-0.3, -0.25) is 9.69 Å². The van der Waals surface area contributed by atoms with Crippen molar-refractivity contribution < 1.29 is 4.79 Å². The lowest BCUT2D eigenvalue weighted by molar-refractivity contribution is 0.0925. The van der Waals surface area contributed by atoms with E-state index < -0.39 is 0 Å². The monoisotopic (exact) mass is 176 g/mol. The zero-order valence-electron chi connectivity index (χ0n) is 7.74. The van der Waals surface area contributed by atoms with Gasteiger partial charge in [-0.15, -0.1) is 0 Å². The number of carbonyl (C=O) groups excluding carboxylic acids is 1. The van der Waals surface area contributed by atoms with E-state index >= 15 is 0 Å². The van der Waals surface area contributed by atoms with Gasteiger partial charge in [-0.2, -0.15) is 0 Å². The number of amides is 1. The van der Waals surface area contributed by atoms with E-state index in [1.807, 2.05) is 43.3 Å². The summed E-state index contributed by atoms with van der Waals surface area (Å²) in [6, 6.07) is 7.68. The number of benzene rings is 1. The van der Waals surface area contributed by atoms with Crippen LogP contribution in [0, 0.1) is 0 Å². The van der Waals surface area contributed by atoms with Crippen molar-refractivity contribution >= 4 is 5.91 Å². The van der Waals surface area contributed by atoms with E-state index in [1.165, 1.54) is 0 Å². The lowest BCUT2D eigenvalue weighted by atomic mass is 10.1. The molecule has 1 N–H and O–H groups in total. The molecule has 0 fully saturated rings. The molecule has 0 bridgehead atoms. The smallest absolute Gasteiger partial charge is 0.253 e. The summed E-state index contributed by atoms with van der Waals surface area (Å²) in [4.78, 5) is 13.4. The first kappa shape index (κ1) is 8.26. The molecule has 68 valence electrons. The fourth-order valence-corrected chi connectivity index (χ4v) is 1.63. The van der Waals surface area contributed by atoms with Crippen molar-refractivity contribution in [3.05, 3.63) is 35.4 Å². The topological polar surface area (TPSA) is 32.3 Å². The van der Waals surface area contributed by atoms with Gasteiger partial charge in [-0.05, 0) is 20.2 Å². The van der Waals surface area contributed by atoms with Gasteiger partial charge in [0.05, 0.1) is 0 Å². The Balaban J connectivity index is 2.47. The molecule has 3 heteroatoms. The molecule has 2 rings (SSSR count). The van der Waals surface area contributed by atoms with Crippen LogP contribution in [0.15, 0.2) is 24.3 Å². The fraction of sp³-hybridized carbons (Fsp3) is 0.300. The molecule has 0 aliphatic carbocycles. The summed E-state index contributed by atoms with van der Waals surface area (Å²) in [5.74, 6) is 0.0225. The van der Waals surface area contributed by atoms with Crippen LogP contribution in [0.1, 0.15) is 22.1 Å². The average molecular weight is 176 g/mol. The summed E-state index contributed by atoms with van der Waals surface area (Å²) in [5.41, 5.74) is 1.86. The molecule has 0 radical (unpaired) electrons. The number of fused-ring (bicyclic) bond motifs is 1. The van der Waals surface area contributed by atoms with Gasteiger partial charge in [0.1, 0.15) is 6.17 Å². The van der Waals surface area contributed by atoms with Crippen molar-refractivity contribution in [1.82, 2.24) is 10.2 Å². The van der Waals surface area contributed by atoms with Gasteiger partial charge in [0, 0.05) is 11.1 Å². The maximum atomic E-state index is 11.4. The van der Waals surface area contributed by atoms with Gasteiger partial charge in [0.2, 0.25) is 0 Å². The van der Waals surface area contributed by atoms with Crippen molar-refractivity contribution in [2.75, 3.05) is 14.1 Å². The maximum absolute atomic E-state index is 11.4. The van der Waals surface area contributed by atoms with Crippen molar-refractivity contribution in [3.63, 3.8) is 0 Å². The van der Waals surface area contributed by atoms with Crippen LogP contribution in [-0.2, 0) is 0 Å². The second kappa shape index (κ2) is 2.85. The number of carbonyl (C=O) groups is 1. The van der Waals surface area contributed by atoms with Crippen LogP contribution in [-0.4, -0.2) is 24.9 Å². The minimum Gasteiger partial charge on any atom is -0.332 e. The van der Waals surface area contributed by atoms with E-state index in [2.05, 4.69) is 5.32 Å². The number of rotatable bonds is 1. The summed E-state index contributed by atoms with van der Waals surface area (Å²) in [7, 11) is 3.90. The van der Waals surface area contributed by atoms with Gasteiger partial charge >= 0.3 is 0 Å². The Morgan fingerprint density at radius 3 is 2.69 bits per heavy atom. The van der Waals surface area contributed by atoms with Gasteiger partial charge in [-0.25, -0.2) is 0 Å². The zero-order valence-corrected chi connectivity index (χ0v) is 7.74. The molecule has 0 saturated carbocycles. The Kier molecular flexibility index (Phi) is 1.81. The summed E-state index contributed by atoms with van der Waals surface area (Å²) in [5, 5.41) is 2.91. The predicted octanol–water partition coefficient (Wildman–Crippen LogP) is 0.990. The highest BCUT2D eigenvalue weighted by molar-refractivity contribution is 5.98. The Morgan fingerprint density at radius 1 is 1.31 bits per heavy atom. The lowest BCUT2D eigenvalue weighted by Gasteiger charge is -2.19. The number of nitrogens with zero attached hydrogens (tertiary/aromatic N) is 1. The van der Waals surface area contributed by atoms with Crippen LogP contribution in [0.25, 0.3) is 0 Å². The largest absolute Gasteiger partial charge is 0.332 e. The lowest BCUT2D eigenvalue weighted by Crippen LogP contribution is -2.30. The molecule has 1 heterocycles. The van der Waals surface area contributed by atoms with E-state index in [0.29, 0.717) is 0 Å². The summed E-state index contributed by atoms with van der Waals surface area (Å²) >= 11 is 0. The minimum atomic E-state index is 0.0225. The Bertz CT molecular complexity index is 347. The van der Waals surface area contributed by atoms with E-state index in [1.54, 1.807) is 0 Å². The van der Waals surface area contributed by atoms with Crippen LogP contribution in [0.4, 0.5) is 0 Å². The third kappa shape index (κ3) is 1.21. The van der Waals surface area contributed by atoms with Crippen LogP contribution in [0.2, 0.25) is 0 Å². The van der Waals surface area contributed by atoms with Gasteiger partial charge < -0.3 is 5.32 Å². The van der Waals surface area contributed by atoms with E-state index in [9.17, 15) is 4.79 Å². The predicted molar refractivity (Wildman–Crippen MR) is 50.3 cm³/mol. The highest BCUT2D eigenvalue weighted by Crippen LogP contribution is 2.25. The standard InChI is InChI=1S/C10H12N2O/c1-12(2)9-7-5-3-4-6-8(7)10(13)11-9/h3-6,9H,1-2H3,(H,11,13). The average Bonchev–Trinajstić information content (AvgIpc) is 2.45. The molecule has 1 atom stereocenters. The molecule has 1 amide bonds. The highest BCUT2D eigenvalue weighted by Gasteiger charge is 2.28. The first-order valence-corrected chi connectivity index (χ1v) is 4.26. The van der Waals surface area contributed by atoms with Crippen molar-refractivity contribution in [3.8, 4) is 0 Å². The summed E-state index contributed by atoms with van der Waals surface area (Å²) < 4.78 is 0. The van der Waals surface area contributed by atoms with E-state index in [-0.39, 0.29) is 12.1 Å². The molecule has 1 aromatic carbocycles. The quantitative estimate of drug-likeness (QED) is 0.692.